The van der Waals surface area contributed by atoms with E-state index in [-0.39, 0.29) is 23.1 Å². The van der Waals surface area contributed by atoms with Gasteiger partial charge in [-0.3, -0.25) is 10.1 Å². The number of halogens is 4. The van der Waals surface area contributed by atoms with Crippen LogP contribution in [-0.4, -0.2) is 41.1 Å². The second kappa shape index (κ2) is 8.88. The molecule has 1 aliphatic rings. The fourth-order valence-electron chi connectivity index (χ4n) is 3.61. The quantitative estimate of drug-likeness (QED) is 0.337. The third-order valence-electron chi connectivity index (χ3n) is 5.23. The predicted octanol–water partition coefficient (Wildman–Crippen LogP) is 4.61. The minimum absolute atomic E-state index is 0.0811. The van der Waals surface area contributed by atoms with E-state index in [1.54, 1.807) is 23.1 Å². The van der Waals surface area contributed by atoms with E-state index in [9.17, 15) is 27.7 Å². The van der Waals surface area contributed by atoms with E-state index >= 15 is 0 Å². The first-order valence-corrected chi connectivity index (χ1v) is 9.92. The summed E-state index contributed by atoms with van der Waals surface area (Å²) in [5.74, 6) is -0.402. The lowest BCUT2D eigenvalue weighted by Crippen LogP contribution is -2.47. The maximum absolute atomic E-state index is 14.1. The zero-order valence-electron chi connectivity index (χ0n) is 17.1. The Hall–Kier alpha value is -3.96. The fourth-order valence-corrected chi connectivity index (χ4v) is 3.61. The van der Waals surface area contributed by atoms with Crippen LogP contribution in [0.15, 0.2) is 54.9 Å². The van der Waals surface area contributed by atoms with E-state index < -0.39 is 22.4 Å². The number of alkyl halides is 3. The Morgan fingerprint density at radius 1 is 0.939 bits per heavy atom. The van der Waals surface area contributed by atoms with Crippen molar-refractivity contribution in [2.75, 3.05) is 41.3 Å². The van der Waals surface area contributed by atoms with Crippen molar-refractivity contribution in [3.8, 4) is 0 Å². The standard InChI is InChI=1S/C21H18F4N6O2/c22-16-3-1-2-4-17(16)29-9-11-30(12-10-29)20-18(31(32)33)19(26-13-27-20)28-15-7-5-14(6-8-15)21(23,24)25/h1-8,13H,9-12H2,(H,26,27,28). The molecule has 0 aliphatic carbocycles. The summed E-state index contributed by atoms with van der Waals surface area (Å²) in [6.07, 6.45) is -3.34. The number of nitrogens with one attached hydrogen (secondary N) is 1. The van der Waals surface area contributed by atoms with Crippen molar-refractivity contribution < 1.29 is 22.5 Å². The van der Waals surface area contributed by atoms with Crippen molar-refractivity contribution in [1.29, 1.82) is 0 Å². The van der Waals surface area contributed by atoms with Crippen LogP contribution in [0.3, 0.4) is 0 Å². The summed E-state index contributed by atoms with van der Waals surface area (Å²) in [5.41, 5.74) is -0.561. The Morgan fingerprint density at radius 2 is 1.58 bits per heavy atom. The molecule has 0 spiro atoms. The van der Waals surface area contributed by atoms with Crippen LogP contribution in [0.4, 0.5) is 46.3 Å². The molecule has 0 bridgehead atoms. The number of nitro groups is 1. The van der Waals surface area contributed by atoms with Crippen LogP contribution in [0.2, 0.25) is 0 Å². The van der Waals surface area contributed by atoms with Crippen LogP contribution >= 0.6 is 0 Å². The molecule has 1 N–H and O–H groups in total. The van der Waals surface area contributed by atoms with E-state index in [4.69, 9.17) is 0 Å². The number of para-hydroxylation sites is 1. The number of nitrogens with zero attached hydrogens (tertiary/aromatic N) is 5. The first kappa shape index (κ1) is 22.2. The van der Waals surface area contributed by atoms with Crippen LogP contribution in [-0.2, 0) is 6.18 Å². The summed E-state index contributed by atoms with van der Waals surface area (Å²) < 4.78 is 52.4. The lowest BCUT2D eigenvalue weighted by Gasteiger charge is -2.36. The largest absolute Gasteiger partial charge is 0.416 e. The zero-order chi connectivity index (χ0) is 23.6. The van der Waals surface area contributed by atoms with E-state index in [0.29, 0.717) is 31.9 Å². The molecule has 1 aromatic heterocycles. The molecule has 1 saturated heterocycles. The molecular formula is C21H18F4N6O2. The van der Waals surface area contributed by atoms with Gasteiger partial charge in [0.2, 0.25) is 11.6 Å². The molecule has 0 radical (unpaired) electrons. The molecule has 2 heterocycles. The molecule has 0 amide bonds. The Balaban J connectivity index is 1.55. The average molecular weight is 462 g/mol. The second-order valence-electron chi connectivity index (χ2n) is 7.28. The number of hydrogen-bond acceptors (Lipinski definition) is 7. The van der Waals surface area contributed by atoms with E-state index in [1.165, 1.54) is 18.2 Å². The third kappa shape index (κ3) is 4.78. The van der Waals surface area contributed by atoms with Gasteiger partial charge in [-0.1, -0.05) is 12.1 Å². The van der Waals surface area contributed by atoms with E-state index in [1.807, 2.05) is 4.90 Å². The summed E-state index contributed by atoms with van der Waals surface area (Å²) in [7, 11) is 0. The summed E-state index contributed by atoms with van der Waals surface area (Å²) in [6.45, 7) is 1.55. The lowest BCUT2D eigenvalue weighted by atomic mass is 10.2. The zero-order valence-corrected chi connectivity index (χ0v) is 17.1. The summed E-state index contributed by atoms with van der Waals surface area (Å²) in [5, 5.41) is 14.5. The predicted molar refractivity (Wildman–Crippen MR) is 114 cm³/mol. The van der Waals surface area contributed by atoms with Crippen molar-refractivity contribution in [3.63, 3.8) is 0 Å². The Labute approximate surface area is 185 Å². The molecule has 0 saturated carbocycles. The van der Waals surface area contributed by atoms with Crippen molar-refractivity contribution >= 4 is 28.7 Å². The Kier molecular flexibility index (Phi) is 5.99. The first-order chi connectivity index (χ1) is 15.7. The van der Waals surface area contributed by atoms with Gasteiger partial charge in [-0.2, -0.15) is 13.2 Å². The van der Waals surface area contributed by atoms with Crippen LogP contribution in [0.5, 0.6) is 0 Å². The van der Waals surface area contributed by atoms with Gasteiger partial charge in [0.15, 0.2) is 0 Å². The maximum atomic E-state index is 14.1. The van der Waals surface area contributed by atoms with Crippen molar-refractivity contribution in [2.45, 2.75) is 6.18 Å². The normalized spacial score (nSPS) is 14.3. The van der Waals surface area contributed by atoms with E-state index in [0.717, 1.165) is 18.5 Å². The van der Waals surface area contributed by atoms with Gasteiger partial charge in [0, 0.05) is 31.9 Å². The van der Waals surface area contributed by atoms with Crippen LogP contribution < -0.4 is 15.1 Å². The number of piperazine rings is 1. The molecule has 12 heteroatoms. The monoisotopic (exact) mass is 462 g/mol. The molecule has 4 rings (SSSR count). The molecule has 0 unspecified atom stereocenters. The minimum atomic E-state index is -4.49. The minimum Gasteiger partial charge on any atom is -0.366 e. The molecule has 1 fully saturated rings. The molecule has 172 valence electrons. The molecule has 1 aliphatic heterocycles. The van der Waals surface area contributed by atoms with Crippen molar-refractivity contribution in [3.05, 3.63) is 76.4 Å². The number of anilines is 4. The number of aromatic nitrogens is 2. The number of rotatable bonds is 5. The molecule has 33 heavy (non-hydrogen) atoms. The fraction of sp³-hybridized carbons (Fsp3) is 0.238. The summed E-state index contributed by atoms with van der Waals surface area (Å²) >= 11 is 0. The van der Waals surface area contributed by atoms with Crippen LogP contribution in [0, 0.1) is 15.9 Å². The smallest absolute Gasteiger partial charge is 0.366 e. The molecule has 2 aromatic carbocycles. The summed E-state index contributed by atoms with van der Waals surface area (Å²) in [4.78, 5) is 22.8. The van der Waals surface area contributed by atoms with Crippen LogP contribution in [0.1, 0.15) is 5.56 Å². The molecule has 8 nitrogen and oxygen atoms in total. The van der Waals surface area contributed by atoms with Gasteiger partial charge < -0.3 is 15.1 Å². The number of hydrogen-bond donors (Lipinski definition) is 1. The third-order valence-corrected chi connectivity index (χ3v) is 5.23. The highest BCUT2D eigenvalue weighted by Gasteiger charge is 2.31. The maximum Gasteiger partial charge on any atom is 0.416 e. The summed E-state index contributed by atoms with van der Waals surface area (Å²) in [6, 6.07) is 10.5. The lowest BCUT2D eigenvalue weighted by molar-refractivity contribution is -0.383. The SMILES string of the molecule is O=[N+]([O-])c1c(Nc2ccc(C(F)(F)F)cc2)ncnc1N1CCN(c2ccccc2F)CC1. The van der Waals surface area contributed by atoms with Gasteiger partial charge in [-0.05, 0) is 36.4 Å². The van der Waals surface area contributed by atoms with Crippen molar-refractivity contribution in [1.82, 2.24) is 9.97 Å². The topological polar surface area (TPSA) is 87.4 Å². The van der Waals surface area contributed by atoms with Crippen molar-refractivity contribution in [2.24, 2.45) is 0 Å². The average Bonchev–Trinajstić information content (AvgIpc) is 2.79. The van der Waals surface area contributed by atoms with Crippen LogP contribution in [0.25, 0.3) is 0 Å². The highest BCUT2D eigenvalue weighted by Crippen LogP contribution is 2.35. The molecule has 3 aromatic rings. The highest BCUT2D eigenvalue weighted by molar-refractivity contribution is 5.74. The molecular weight excluding hydrogens is 444 g/mol. The van der Waals surface area contributed by atoms with Gasteiger partial charge in [-0.25, -0.2) is 14.4 Å². The first-order valence-electron chi connectivity index (χ1n) is 9.92. The van der Waals surface area contributed by atoms with Gasteiger partial charge in [0.05, 0.1) is 16.2 Å². The van der Waals surface area contributed by atoms with E-state index in [2.05, 4.69) is 15.3 Å². The Bertz CT molecular complexity index is 1150. The Morgan fingerprint density at radius 3 is 2.18 bits per heavy atom. The van der Waals surface area contributed by atoms with Gasteiger partial charge in [0.1, 0.15) is 12.1 Å². The number of benzene rings is 2. The van der Waals surface area contributed by atoms with Gasteiger partial charge >= 0.3 is 11.9 Å². The van der Waals surface area contributed by atoms with Gasteiger partial charge in [-0.15, -0.1) is 0 Å². The molecule has 0 atom stereocenters. The highest BCUT2D eigenvalue weighted by atomic mass is 19.4. The second-order valence-corrected chi connectivity index (χ2v) is 7.28. The van der Waals surface area contributed by atoms with Gasteiger partial charge in [0.25, 0.3) is 0 Å².